The van der Waals surface area contributed by atoms with E-state index in [0.717, 1.165) is 18.2 Å². The van der Waals surface area contributed by atoms with Crippen LogP contribution in [0.3, 0.4) is 0 Å². The number of carbonyl (C=O) groups is 1. The average Bonchev–Trinajstić information content (AvgIpc) is 2.38. The second kappa shape index (κ2) is 5.73. The summed E-state index contributed by atoms with van der Waals surface area (Å²) in [4.78, 5) is 10.9. The molecule has 0 aliphatic rings. The first-order chi connectivity index (χ1) is 9.76. The van der Waals surface area contributed by atoms with Crippen LogP contribution >= 0.6 is 11.6 Å². The van der Waals surface area contributed by atoms with Gasteiger partial charge in [0.25, 0.3) is 5.24 Å². The molecule has 0 radical (unpaired) electrons. The van der Waals surface area contributed by atoms with E-state index in [2.05, 4.69) is 4.74 Å². The van der Waals surface area contributed by atoms with Crippen molar-refractivity contribution in [2.24, 2.45) is 0 Å². The largest absolute Gasteiger partial charge is 0.573 e. The topological polar surface area (TPSA) is 26.3 Å². The Hall–Kier alpha value is -2.08. The minimum Gasteiger partial charge on any atom is -0.406 e. The zero-order valence-electron chi connectivity index (χ0n) is 10.2. The molecule has 0 saturated carbocycles. The summed E-state index contributed by atoms with van der Waals surface area (Å²) in [5.74, 6) is -1.11. The molecule has 0 aromatic heterocycles. The first-order valence-electron chi connectivity index (χ1n) is 5.62. The summed E-state index contributed by atoms with van der Waals surface area (Å²) in [6.07, 6.45) is -4.78. The number of alkyl halides is 3. The van der Waals surface area contributed by atoms with Crippen LogP contribution in [0.5, 0.6) is 5.75 Å². The fourth-order valence-electron chi connectivity index (χ4n) is 1.71. The fourth-order valence-corrected chi connectivity index (χ4v) is 1.83. The van der Waals surface area contributed by atoms with Crippen molar-refractivity contribution in [2.75, 3.05) is 0 Å². The molecule has 21 heavy (non-hydrogen) atoms. The third-order valence-corrected chi connectivity index (χ3v) is 2.81. The van der Waals surface area contributed by atoms with Gasteiger partial charge < -0.3 is 4.74 Å². The van der Waals surface area contributed by atoms with Gasteiger partial charge in [0.15, 0.2) is 0 Å². The molecule has 0 aliphatic carbocycles. The van der Waals surface area contributed by atoms with Gasteiger partial charge in [-0.25, -0.2) is 4.39 Å². The summed E-state index contributed by atoms with van der Waals surface area (Å²) in [5.41, 5.74) is 0.473. The Labute approximate surface area is 121 Å². The minimum atomic E-state index is -4.78. The highest BCUT2D eigenvalue weighted by atomic mass is 35.5. The normalized spacial score (nSPS) is 11.3. The smallest absolute Gasteiger partial charge is 0.406 e. The number of halogens is 5. The van der Waals surface area contributed by atoms with Gasteiger partial charge in [0.1, 0.15) is 11.6 Å². The van der Waals surface area contributed by atoms with Crippen LogP contribution < -0.4 is 4.74 Å². The molecule has 0 saturated heterocycles. The van der Waals surface area contributed by atoms with Gasteiger partial charge in [0, 0.05) is 11.1 Å². The molecule has 2 aromatic rings. The van der Waals surface area contributed by atoms with Crippen molar-refractivity contribution in [3.8, 4) is 16.9 Å². The number of hydrogen-bond acceptors (Lipinski definition) is 2. The molecule has 0 bridgehead atoms. The lowest BCUT2D eigenvalue weighted by Crippen LogP contribution is -2.16. The van der Waals surface area contributed by atoms with Crippen LogP contribution in [0.1, 0.15) is 10.4 Å². The van der Waals surface area contributed by atoms with Gasteiger partial charge in [0.05, 0.1) is 0 Å². The Morgan fingerprint density at radius 3 is 2.14 bits per heavy atom. The van der Waals surface area contributed by atoms with Crippen LogP contribution in [-0.4, -0.2) is 11.6 Å². The lowest BCUT2D eigenvalue weighted by Gasteiger charge is -2.10. The van der Waals surface area contributed by atoms with E-state index in [1.807, 2.05) is 0 Å². The molecule has 110 valence electrons. The number of benzene rings is 2. The lowest BCUT2D eigenvalue weighted by molar-refractivity contribution is -0.274. The van der Waals surface area contributed by atoms with Crippen molar-refractivity contribution in [1.82, 2.24) is 0 Å². The second-order valence-electron chi connectivity index (χ2n) is 4.04. The number of rotatable bonds is 3. The lowest BCUT2D eigenvalue weighted by atomic mass is 10.0. The van der Waals surface area contributed by atoms with Crippen LogP contribution in [-0.2, 0) is 0 Å². The molecule has 0 spiro atoms. The summed E-state index contributed by atoms with van der Waals surface area (Å²) in [6, 6.07) is 8.32. The molecule has 0 atom stereocenters. The average molecular weight is 319 g/mol. The molecule has 0 fully saturated rings. The minimum absolute atomic E-state index is 0.00468. The first kappa shape index (κ1) is 15.3. The molecular weight excluding hydrogens is 312 g/mol. The molecule has 0 unspecified atom stereocenters. The van der Waals surface area contributed by atoms with Crippen LogP contribution in [0.15, 0.2) is 42.5 Å². The van der Waals surface area contributed by atoms with Crippen molar-refractivity contribution >= 4 is 16.8 Å². The van der Waals surface area contributed by atoms with E-state index < -0.39 is 23.2 Å². The molecule has 0 aliphatic heterocycles. The van der Waals surface area contributed by atoms with Crippen molar-refractivity contribution in [3.63, 3.8) is 0 Å². The Balaban J connectivity index is 2.29. The number of carbonyl (C=O) groups excluding carboxylic acids is 1. The van der Waals surface area contributed by atoms with E-state index in [4.69, 9.17) is 11.6 Å². The molecule has 0 N–H and O–H groups in total. The second-order valence-corrected chi connectivity index (χ2v) is 4.38. The molecular formula is C14H7ClF4O2. The van der Waals surface area contributed by atoms with E-state index in [1.165, 1.54) is 24.3 Å². The van der Waals surface area contributed by atoms with Crippen LogP contribution in [0, 0.1) is 5.82 Å². The van der Waals surface area contributed by atoms with Gasteiger partial charge >= 0.3 is 6.36 Å². The van der Waals surface area contributed by atoms with E-state index in [1.54, 1.807) is 0 Å². The summed E-state index contributed by atoms with van der Waals surface area (Å²) >= 11 is 5.23. The Bertz CT molecular complexity index is 666. The van der Waals surface area contributed by atoms with Gasteiger partial charge in [0.2, 0.25) is 0 Å². The van der Waals surface area contributed by atoms with Crippen molar-refractivity contribution in [2.45, 2.75) is 6.36 Å². The Kier molecular flexibility index (Phi) is 4.18. The number of hydrogen-bond donors (Lipinski definition) is 0. The quantitative estimate of drug-likeness (QED) is 0.602. The SMILES string of the molecule is O=C(Cl)c1ccc(-c2ccc(OC(F)(F)F)cc2)c(F)c1. The molecule has 2 rings (SSSR count). The molecule has 0 heterocycles. The number of ether oxygens (including phenoxy) is 1. The van der Waals surface area contributed by atoms with E-state index in [9.17, 15) is 22.4 Å². The molecule has 2 nitrogen and oxygen atoms in total. The molecule has 0 amide bonds. The zero-order chi connectivity index (χ0) is 15.6. The van der Waals surface area contributed by atoms with Crippen LogP contribution in [0.4, 0.5) is 17.6 Å². The van der Waals surface area contributed by atoms with Crippen molar-refractivity contribution in [3.05, 3.63) is 53.8 Å². The van der Waals surface area contributed by atoms with Gasteiger partial charge in [-0.05, 0) is 41.4 Å². The maximum Gasteiger partial charge on any atom is 0.573 e. The summed E-state index contributed by atoms with van der Waals surface area (Å²) in [5, 5.41) is -0.797. The van der Waals surface area contributed by atoms with E-state index in [-0.39, 0.29) is 11.1 Å². The standard InChI is InChI=1S/C14H7ClF4O2/c15-13(20)9-3-6-11(12(16)7-9)8-1-4-10(5-2-8)21-14(17,18)19/h1-7H. The highest BCUT2D eigenvalue weighted by Gasteiger charge is 2.30. The highest BCUT2D eigenvalue weighted by Crippen LogP contribution is 2.28. The van der Waals surface area contributed by atoms with Crippen molar-refractivity contribution < 1.29 is 27.1 Å². The maximum absolute atomic E-state index is 13.8. The third kappa shape index (κ3) is 3.95. The Morgan fingerprint density at radius 2 is 1.67 bits per heavy atom. The zero-order valence-corrected chi connectivity index (χ0v) is 11.0. The van der Waals surface area contributed by atoms with E-state index >= 15 is 0 Å². The summed E-state index contributed by atoms with van der Waals surface area (Å²) < 4.78 is 53.6. The van der Waals surface area contributed by atoms with Gasteiger partial charge in [-0.15, -0.1) is 13.2 Å². The highest BCUT2D eigenvalue weighted by molar-refractivity contribution is 6.67. The van der Waals surface area contributed by atoms with Gasteiger partial charge in [-0.2, -0.15) is 0 Å². The van der Waals surface area contributed by atoms with Crippen molar-refractivity contribution in [1.29, 1.82) is 0 Å². The maximum atomic E-state index is 13.8. The summed E-state index contributed by atoms with van der Waals surface area (Å²) in [7, 11) is 0. The Morgan fingerprint density at radius 1 is 1.05 bits per heavy atom. The fraction of sp³-hybridized carbons (Fsp3) is 0.0714. The monoisotopic (exact) mass is 318 g/mol. The van der Waals surface area contributed by atoms with Gasteiger partial charge in [-0.3, -0.25) is 4.79 Å². The first-order valence-corrected chi connectivity index (χ1v) is 5.99. The predicted octanol–water partition coefficient (Wildman–Crippen LogP) is 4.77. The van der Waals surface area contributed by atoms with Crippen LogP contribution in [0.25, 0.3) is 11.1 Å². The van der Waals surface area contributed by atoms with Gasteiger partial charge in [-0.1, -0.05) is 18.2 Å². The third-order valence-electron chi connectivity index (χ3n) is 2.59. The van der Waals surface area contributed by atoms with Crippen LogP contribution in [0.2, 0.25) is 0 Å². The van der Waals surface area contributed by atoms with E-state index in [0.29, 0.717) is 5.56 Å². The summed E-state index contributed by atoms with van der Waals surface area (Å²) in [6.45, 7) is 0. The predicted molar refractivity (Wildman–Crippen MR) is 68.7 cm³/mol. The molecule has 2 aromatic carbocycles. The molecule has 7 heteroatoms.